The summed E-state index contributed by atoms with van der Waals surface area (Å²) in [4.78, 5) is 23.1. The van der Waals surface area contributed by atoms with Gasteiger partial charge in [0.1, 0.15) is 6.04 Å². The van der Waals surface area contributed by atoms with E-state index in [4.69, 9.17) is 20.8 Å². The zero-order chi connectivity index (χ0) is 13.8. The minimum Gasteiger partial charge on any atom is -0.480 e. The van der Waals surface area contributed by atoms with Crippen LogP contribution in [0.5, 0.6) is 0 Å². The zero-order valence-electron chi connectivity index (χ0n) is 10.1. The van der Waals surface area contributed by atoms with Crippen LogP contribution in [0.25, 0.3) is 0 Å². The molecule has 2 heterocycles. The number of rotatable bonds is 4. The van der Waals surface area contributed by atoms with E-state index in [1.807, 2.05) is 0 Å². The Balaban J connectivity index is 2.04. The summed E-state index contributed by atoms with van der Waals surface area (Å²) in [7, 11) is 0. The fraction of sp³-hybridized carbons (Fsp3) is 0.500. The van der Waals surface area contributed by atoms with Crippen LogP contribution in [0.15, 0.2) is 16.5 Å². The van der Waals surface area contributed by atoms with Crippen LogP contribution in [0.4, 0.5) is 0 Å². The van der Waals surface area contributed by atoms with E-state index in [2.05, 4.69) is 5.32 Å². The zero-order valence-corrected chi connectivity index (χ0v) is 10.9. The molecule has 6 nitrogen and oxygen atoms in total. The molecule has 0 aromatic carbocycles. The van der Waals surface area contributed by atoms with Gasteiger partial charge >= 0.3 is 5.97 Å². The summed E-state index contributed by atoms with van der Waals surface area (Å²) in [5, 5.41) is 11.7. The smallest absolute Gasteiger partial charge is 0.326 e. The first-order valence-corrected chi connectivity index (χ1v) is 6.32. The van der Waals surface area contributed by atoms with Crippen molar-refractivity contribution in [3.63, 3.8) is 0 Å². The van der Waals surface area contributed by atoms with Gasteiger partial charge in [0, 0.05) is 12.5 Å². The molecule has 1 aliphatic heterocycles. The molecule has 0 aliphatic carbocycles. The predicted octanol–water partition coefficient (Wildman–Crippen LogP) is 1.54. The Morgan fingerprint density at radius 3 is 2.79 bits per heavy atom. The second-order valence-electron chi connectivity index (χ2n) is 4.37. The lowest BCUT2D eigenvalue weighted by molar-refractivity contribution is -0.142. The van der Waals surface area contributed by atoms with Crippen molar-refractivity contribution in [2.75, 3.05) is 13.2 Å². The third-order valence-electron chi connectivity index (χ3n) is 3.02. The first-order chi connectivity index (χ1) is 9.08. The number of carboxylic acids is 1. The molecule has 1 aromatic rings. The first kappa shape index (κ1) is 13.9. The molecule has 2 N–H and O–H groups in total. The van der Waals surface area contributed by atoms with Gasteiger partial charge in [0.2, 0.25) is 0 Å². The SMILES string of the molecule is O=C(NC(C(=O)O)C1CCCOC1)c1ccc(Cl)o1. The molecule has 0 spiro atoms. The van der Waals surface area contributed by atoms with Crippen LogP contribution in [-0.4, -0.2) is 36.2 Å². The van der Waals surface area contributed by atoms with E-state index in [0.29, 0.717) is 19.6 Å². The average molecular weight is 288 g/mol. The lowest BCUT2D eigenvalue weighted by Gasteiger charge is -2.27. The van der Waals surface area contributed by atoms with Crippen molar-refractivity contribution in [2.24, 2.45) is 5.92 Å². The number of carboxylic acid groups (broad SMARTS) is 1. The molecule has 0 radical (unpaired) electrons. The van der Waals surface area contributed by atoms with Gasteiger partial charge in [-0.25, -0.2) is 4.79 Å². The van der Waals surface area contributed by atoms with Crippen molar-refractivity contribution in [3.8, 4) is 0 Å². The van der Waals surface area contributed by atoms with E-state index >= 15 is 0 Å². The summed E-state index contributed by atoms with van der Waals surface area (Å²) in [5.74, 6) is -1.92. The molecule has 19 heavy (non-hydrogen) atoms. The summed E-state index contributed by atoms with van der Waals surface area (Å²) in [6, 6.07) is 1.83. The number of halogens is 1. The van der Waals surface area contributed by atoms with E-state index in [1.54, 1.807) is 0 Å². The van der Waals surface area contributed by atoms with Gasteiger partial charge in [-0.3, -0.25) is 4.79 Å². The highest BCUT2D eigenvalue weighted by molar-refractivity contribution is 6.29. The molecule has 104 valence electrons. The number of amides is 1. The highest BCUT2D eigenvalue weighted by atomic mass is 35.5. The van der Waals surface area contributed by atoms with E-state index < -0.39 is 17.9 Å². The van der Waals surface area contributed by atoms with E-state index in [1.165, 1.54) is 12.1 Å². The molecule has 0 bridgehead atoms. The quantitative estimate of drug-likeness (QED) is 0.877. The third kappa shape index (κ3) is 3.48. The second-order valence-corrected chi connectivity index (χ2v) is 4.74. The number of hydrogen-bond acceptors (Lipinski definition) is 4. The van der Waals surface area contributed by atoms with Crippen LogP contribution in [0.1, 0.15) is 23.4 Å². The predicted molar refractivity (Wildman–Crippen MR) is 66.2 cm³/mol. The molecule has 1 saturated heterocycles. The largest absolute Gasteiger partial charge is 0.480 e. The molecular weight excluding hydrogens is 274 g/mol. The number of nitrogens with one attached hydrogen (secondary N) is 1. The summed E-state index contributed by atoms with van der Waals surface area (Å²) in [6.07, 6.45) is 1.49. The Morgan fingerprint density at radius 2 is 2.26 bits per heavy atom. The Labute approximate surface area is 114 Å². The summed E-state index contributed by atoms with van der Waals surface area (Å²) < 4.78 is 10.2. The Morgan fingerprint density at radius 1 is 1.47 bits per heavy atom. The highest BCUT2D eigenvalue weighted by Crippen LogP contribution is 2.19. The summed E-state index contributed by atoms with van der Waals surface area (Å²) >= 11 is 5.57. The number of furan rings is 1. The highest BCUT2D eigenvalue weighted by Gasteiger charge is 2.32. The summed E-state index contributed by atoms with van der Waals surface area (Å²) in [5.41, 5.74) is 0. The number of ether oxygens (including phenoxy) is 1. The molecular formula is C12H14ClNO5. The van der Waals surface area contributed by atoms with Gasteiger partial charge in [-0.2, -0.15) is 0 Å². The first-order valence-electron chi connectivity index (χ1n) is 5.94. The van der Waals surface area contributed by atoms with Gasteiger partial charge in [0.15, 0.2) is 11.0 Å². The van der Waals surface area contributed by atoms with Crippen molar-refractivity contribution in [3.05, 3.63) is 23.1 Å². The lowest BCUT2D eigenvalue weighted by Crippen LogP contribution is -2.48. The topological polar surface area (TPSA) is 88.8 Å². The molecule has 2 atom stereocenters. The maximum absolute atomic E-state index is 11.8. The van der Waals surface area contributed by atoms with Crippen molar-refractivity contribution >= 4 is 23.5 Å². The molecule has 1 aliphatic rings. The third-order valence-corrected chi connectivity index (χ3v) is 3.22. The normalized spacial score (nSPS) is 20.8. The van der Waals surface area contributed by atoms with Gasteiger partial charge in [-0.1, -0.05) is 0 Å². The van der Waals surface area contributed by atoms with Crippen molar-refractivity contribution in [1.82, 2.24) is 5.32 Å². The van der Waals surface area contributed by atoms with Crippen LogP contribution in [0.2, 0.25) is 5.22 Å². The number of carbonyl (C=O) groups is 2. The van der Waals surface area contributed by atoms with E-state index in [-0.39, 0.29) is 16.9 Å². The molecule has 7 heteroatoms. The molecule has 0 saturated carbocycles. The van der Waals surface area contributed by atoms with Crippen LogP contribution >= 0.6 is 11.6 Å². The molecule has 1 fully saturated rings. The molecule has 2 rings (SSSR count). The van der Waals surface area contributed by atoms with Gasteiger partial charge in [0.25, 0.3) is 5.91 Å². The van der Waals surface area contributed by atoms with Crippen LogP contribution in [-0.2, 0) is 9.53 Å². The van der Waals surface area contributed by atoms with Gasteiger partial charge in [-0.05, 0) is 36.6 Å². The van der Waals surface area contributed by atoms with Crippen LogP contribution in [0.3, 0.4) is 0 Å². The Kier molecular flexibility index (Phi) is 4.44. The fourth-order valence-electron chi connectivity index (χ4n) is 2.06. The summed E-state index contributed by atoms with van der Waals surface area (Å²) in [6.45, 7) is 0.959. The van der Waals surface area contributed by atoms with E-state index in [9.17, 15) is 14.7 Å². The van der Waals surface area contributed by atoms with Gasteiger partial charge in [0.05, 0.1) is 6.61 Å². The minimum absolute atomic E-state index is 0.00650. The minimum atomic E-state index is -1.08. The average Bonchev–Trinajstić information content (AvgIpc) is 2.83. The number of hydrogen-bond donors (Lipinski definition) is 2. The monoisotopic (exact) mass is 287 g/mol. The van der Waals surface area contributed by atoms with Crippen LogP contribution in [0, 0.1) is 5.92 Å². The van der Waals surface area contributed by atoms with E-state index in [0.717, 1.165) is 6.42 Å². The second kappa shape index (κ2) is 6.08. The van der Waals surface area contributed by atoms with Crippen LogP contribution < -0.4 is 5.32 Å². The Bertz CT molecular complexity index is 466. The fourth-order valence-corrected chi connectivity index (χ4v) is 2.20. The Hall–Kier alpha value is -1.53. The molecule has 1 aromatic heterocycles. The molecule has 1 amide bonds. The van der Waals surface area contributed by atoms with Crippen molar-refractivity contribution in [2.45, 2.75) is 18.9 Å². The van der Waals surface area contributed by atoms with Crippen molar-refractivity contribution < 1.29 is 23.8 Å². The lowest BCUT2D eigenvalue weighted by atomic mass is 9.93. The molecule has 2 unspecified atom stereocenters. The number of carbonyl (C=O) groups excluding carboxylic acids is 1. The van der Waals surface area contributed by atoms with Gasteiger partial charge < -0.3 is 19.6 Å². The van der Waals surface area contributed by atoms with Gasteiger partial charge in [-0.15, -0.1) is 0 Å². The maximum Gasteiger partial charge on any atom is 0.326 e. The number of aliphatic carboxylic acids is 1. The maximum atomic E-state index is 11.8. The standard InChI is InChI=1S/C12H14ClNO5/c13-9-4-3-8(19-9)11(15)14-10(12(16)17)7-2-1-5-18-6-7/h3-4,7,10H,1-2,5-6H2,(H,14,15)(H,16,17). The van der Waals surface area contributed by atoms with Crippen molar-refractivity contribution in [1.29, 1.82) is 0 Å².